The second-order valence-electron chi connectivity index (χ2n) is 4.76. The van der Waals surface area contributed by atoms with E-state index in [0.29, 0.717) is 0 Å². The molecule has 1 N–H and O–H groups in total. The van der Waals surface area contributed by atoms with Crippen LogP contribution in [0.5, 0.6) is 0 Å². The van der Waals surface area contributed by atoms with Crippen LogP contribution in [0.1, 0.15) is 18.4 Å². The summed E-state index contributed by atoms with van der Waals surface area (Å²) < 4.78 is 1.36. The first kappa shape index (κ1) is 10.8. The lowest BCUT2D eigenvalue weighted by Gasteiger charge is -2.26. The van der Waals surface area contributed by atoms with E-state index >= 15 is 0 Å². The van der Waals surface area contributed by atoms with E-state index in [1.807, 2.05) is 0 Å². The van der Waals surface area contributed by atoms with Gasteiger partial charge < -0.3 is 5.32 Å². The number of hydrogen-bond donors (Lipinski definition) is 1. The van der Waals surface area contributed by atoms with Gasteiger partial charge >= 0.3 is 0 Å². The molecule has 0 spiro atoms. The molecule has 1 aliphatic rings. The molecule has 0 saturated carbocycles. The highest BCUT2D eigenvalue weighted by molar-refractivity contribution is 7.17. The molecule has 1 saturated heterocycles. The zero-order chi connectivity index (χ0) is 11.7. The Labute approximate surface area is 106 Å². The van der Waals surface area contributed by atoms with Crippen molar-refractivity contribution in [2.24, 2.45) is 0 Å². The van der Waals surface area contributed by atoms with Crippen molar-refractivity contribution < 1.29 is 0 Å². The van der Waals surface area contributed by atoms with Gasteiger partial charge in [0.15, 0.2) is 0 Å². The zero-order valence-corrected chi connectivity index (χ0v) is 10.5. The Morgan fingerprint density at radius 2 is 2.35 bits per heavy atom. The summed E-state index contributed by atoms with van der Waals surface area (Å²) in [5.41, 5.74) is 1.55. The molecule has 0 aliphatic carbocycles. The Balaban J connectivity index is 2.08. The van der Waals surface area contributed by atoms with Crippen molar-refractivity contribution >= 4 is 21.4 Å². The van der Waals surface area contributed by atoms with Gasteiger partial charge in [0.25, 0.3) is 0 Å². The summed E-state index contributed by atoms with van der Waals surface area (Å²) in [7, 11) is 0. The number of fused-ring (bicyclic) bond motifs is 1. The molecule has 86 valence electrons. The quantitative estimate of drug-likeness (QED) is 0.796. The van der Waals surface area contributed by atoms with Gasteiger partial charge in [-0.2, -0.15) is 0 Å². The Bertz CT molecular complexity index is 570. The third kappa shape index (κ3) is 1.76. The van der Waals surface area contributed by atoms with Gasteiger partial charge in [-0.1, -0.05) is 6.07 Å². The standard InChI is InChI=1S/C15H15NS/c1-2-6-15(7-8-16-11-15)13-3-4-14-12(10-13)5-9-17-14/h1,3-5,9-10,16H,6-8,11H2. The predicted molar refractivity (Wildman–Crippen MR) is 74.4 cm³/mol. The van der Waals surface area contributed by atoms with Crippen molar-refractivity contribution in [3.8, 4) is 12.3 Å². The highest BCUT2D eigenvalue weighted by atomic mass is 32.1. The third-order valence-electron chi connectivity index (χ3n) is 3.75. The molecule has 1 nitrogen and oxygen atoms in total. The fourth-order valence-corrected chi connectivity index (χ4v) is 3.51. The maximum Gasteiger partial charge on any atom is 0.0342 e. The second kappa shape index (κ2) is 4.18. The number of nitrogens with one attached hydrogen (secondary N) is 1. The Morgan fingerprint density at radius 3 is 3.12 bits per heavy atom. The van der Waals surface area contributed by atoms with E-state index in [2.05, 4.69) is 40.9 Å². The molecule has 2 heterocycles. The summed E-state index contributed by atoms with van der Waals surface area (Å²) in [5.74, 6) is 2.85. The summed E-state index contributed by atoms with van der Waals surface area (Å²) in [6.45, 7) is 2.08. The highest BCUT2D eigenvalue weighted by Gasteiger charge is 2.34. The van der Waals surface area contributed by atoms with Crippen LogP contribution in [-0.4, -0.2) is 13.1 Å². The molecule has 0 amide bonds. The molecule has 1 unspecified atom stereocenters. The number of terminal acetylenes is 1. The minimum Gasteiger partial charge on any atom is -0.316 e. The van der Waals surface area contributed by atoms with Crippen molar-refractivity contribution in [1.82, 2.24) is 5.32 Å². The molecule has 1 atom stereocenters. The van der Waals surface area contributed by atoms with Gasteiger partial charge in [0.2, 0.25) is 0 Å². The lowest BCUT2D eigenvalue weighted by molar-refractivity contribution is 0.485. The summed E-state index contributed by atoms with van der Waals surface area (Å²) >= 11 is 1.79. The van der Waals surface area contributed by atoms with E-state index < -0.39 is 0 Å². The summed E-state index contributed by atoms with van der Waals surface area (Å²) in [5, 5.41) is 6.94. The molecule has 1 fully saturated rings. The first-order chi connectivity index (χ1) is 8.34. The van der Waals surface area contributed by atoms with Gasteiger partial charge in [-0.3, -0.25) is 0 Å². The molecule has 1 aliphatic heterocycles. The summed E-state index contributed by atoms with van der Waals surface area (Å²) in [6, 6.07) is 8.99. The van der Waals surface area contributed by atoms with Gasteiger partial charge in [-0.15, -0.1) is 23.7 Å². The van der Waals surface area contributed by atoms with Crippen LogP contribution in [0.2, 0.25) is 0 Å². The lowest BCUT2D eigenvalue weighted by Crippen LogP contribution is -2.28. The zero-order valence-electron chi connectivity index (χ0n) is 9.70. The van der Waals surface area contributed by atoms with E-state index in [0.717, 1.165) is 25.9 Å². The smallest absolute Gasteiger partial charge is 0.0342 e. The Hall–Kier alpha value is -1.30. The van der Waals surface area contributed by atoms with Crippen LogP contribution in [0.15, 0.2) is 29.6 Å². The Morgan fingerprint density at radius 1 is 1.41 bits per heavy atom. The third-order valence-corrected chi connectivity index (χ3v) is 4.65. The molecule has 1 aromatic carbocycles. The average Bonchev–Trinajstić information content (AvgIpc) is 2.96. The fraction of sp³-hybridized carbons (Fsp3) is 0.333. The molecule has 0 bridgehead atoms. The molecular weight excluding hydrogens is 226 g/mol. The minimum absolute atomic E-state index is 0.158. The van der Waals surface area contributed by atoms with E-state index in [9.17, 15) is 0 Å². The van der Waals surface area contributed by atoms with Crippen LogP contribution in [0, 0.1) is 12.3 Å². The summed E-state index contributed by atoms with van der Waals surface area (Å²) in [4.78, 5) is 0. The molecule has 3 rings (SSSR count). The molecule has 2 aromatic rings. The normalized spacial score (nSPS) is 23.9. The number of thiophene rings is 1. The largest absolute Gasteiger partial charge is 0.316 e. The highest BCUT2D eigenvalue weighted by Crippen LogP contribution is 2.36. The van der Waals surface area contributed by atoms with E-state index in [1.165, 1.54) is 15.6 Å². The van der Waals surface area contributed by atoms with Gasteiger partial charge in [0, 0.05) is 23.1 Å². The first-order valence-electron chi connectivity index (χ1n) is 5.96. The van der Waals surface area contributed by atoms with Crippen LogP contribution in [0.3, 0.4) is 0 Å². The SMILES string of the molecule is C#CCC1(c2ccc3sccc3c2)CCNC1. The maximum absolute atomic E-state index is 5.55. The monoisotopic (exact) mass is 241 g/mol. The fourth-order valence-electron chi connectivity index (χ4n) is 2.73. The lowest BCUT2D eigenvalue weighted by atomic mass is 9.77. The average molecular weight is 241 g/mol. The van der Waals surface area contributed by atoms with Crippen molar-refractivity contribution in [3.05, 3.63) is 35.2 Å². The molecule has 17 heavy (non-hydrogen) atoms. The van der Waals surface area contributed by atoms with Gasteiger partial charge in [-0.25, -0.2) is 0 Å². The van der Waals surface area contributed by atoms with Crippen LogP contribution in [0.25, 0.3) is 10.1 Å². The van der Waals surface area contributed by atoms with Crippen molar-refractivity contribution in [2.45, 2.75) is 18.3 Å². The maximum atomic E-state index is 5.55. The van der Waals surface area contributed by atoms with Gasteiger partial charge in [0.05, 0.1) is 0 Å². The van der Waals surface area contributed by atoms with E-state index in [4.69, 9.17) is 6.42 Å². The van der Waals surface area contributed by atoms with Crippen molar-refractivity contribution in [2.75, 3.05) is 13.1 Å². The van der Waals surface area contributed by atoms with Gasteiger partial charge in [0.1, 0.15) is 0 Å². The minimum atomic E-state index is 0.158. The molecule has 2 heteroatoms. The van der Waals surface area contributed by atoms with Crippen LogP contribution in [0.4, 0.5) is 0 Å². The van der Waals surface area contributed by atoms with Crippen LogP contribution in [-0.2, 0) is 5.41 Å². The number of benzene rings is 1. The predicted octanol–water partition coefficient (Wildman–Crippen LogP) is 3.16. The van der Waals surface area contributed by atoms with E-state index in [1.54, 1.807) is 11.3 Å². The van der Waals surface area contributed by atoms with Gasteiger partial charge in [-0.05, 0) is 47.5 Å². The van der Waals surface area contributed by atoms with E-state index in [-0.39, 0.29) is 5.41 Å². The first-order valence-corrected chi connectivity index (χ1v) is 6.84. The van der Waals surface area contributed by atoms with Crippen molar-refractivity contribution in [1.29, 1.82) is 0 Å². The second-order valence-corrected chi connectivity index (χ2v) is 5.71. The van der Waals surface area contributed by atoms with Crippen LogP contribution < -0.4 is 5.32 Å². The Kier molecular flexibility index (Phi) is 2.66. The topological polar surface area (TPSA) is 12.0 Å². The molecule has 1 aromatic heterocycles. The molecular formula is C15H15NS. The summed E-state index contributed by atoms with van der Waals surface area (Å²) in [6.07, 6.45) is 7.52. The number of rotatable bonds is 2. The van der Waals surface area contributed by atoms with Crippen LogP contribution >= 0.6 is 11.3 Å². The number of hydrogen-bond acceptors (Lipinski definition) is 2. The van der Waals surface area contributed by atoms with Crippen molar-refractivity contribution in [3.63, 3.8) is 0 Å². The molecule has 0 radical (unpaired) electrons.